The van der Waals surface area contributed by atoms with Gasteiger partial charge in [0.1, 0.15) is 0 Å². The van der Waals surface area contributed by atoms with Gasteiger partial charge in [-0.25, -0.2) is 0 Å². The standard InChI is InChI=1S/C2H2O4.Ca.H3O4P/c3-1(4)2(5)6;;1-5(2,3)4/h(H,3,4)(H,5,6);;(H3,1,2,3,4)/q;+2;/p-5. The number of hydrogen-bond donors (Lipinski definition) is 0. The van der Waals surface area contributed by atoms with Gasteiger partial charge in [-0.2, -0.15) is 7.82 Å². The summed E-state index contributed by atoms with van der Waals surface area (Å²) in [5.41, 5.74) is 0. The average Bonchev–Trinajstić information content (AvgIpc) is 1.59. The molecule has 12 heavy (non-hydrogen) atoms. The van der Waals surface area contributed by atoms with Crippen molar-refractivity contribution in [2.45, 2.75) is 0 Å². The number of phosphoric acid groups is 1. The molecule has 0 aromatic heterocycles. The Morgan fingerprint density at radius 2 is 1.00 bits per heavy atom. The Balaban J connectivity index is -0.000000126. The topological polar surface area (TPSA) is 167 Å². The first-order valence-electron chi connectivity index (χ1n) is 1.80. The van der Waals surface area contributed by atoms with E-state index in [1.807, 2.05) is 0 Å². The molecule has 0 aliphatic heterocycles. The Bertz CT molecular complexity index is 173. The van der Waals surface area contributed by atoms with Gasteiger partial charge < -0.3 is 39.0 Å². The van der Waals surface area contributed by atoms with Crippen molar-refractivity contribution in [1.82, 2.24) is 0 Å². The van der Waals surface area contributed by atoms with Gasteiger partial charge in [-0.3, -0.25) is 0 Å². The number of carboxylic acids is 2. The minimum Gasteiger partial charge on any atom is -0.822 e. The van der Waals surface area contributed by atoms with Crippen molar-refractivity contribution >= 4 is 57.5 Å². The van der Waals surface area contributed by atoms with Crippen LogP contribution in [0, 0.1) is 0 Å². The van der Waals surface area contributed by atoms with E-state index in [4.69, 9.17) is 39.0 Å². The summed E-state index contributed by atoms with van der Waals surface area (Å²) in [5, 5.41) is 17.9. The Labute approximate surface area is 96.1 Å². The van der Waals surface area contributed by atoms with Crippen molar-refractivity contribution in [2.75, 3.05) is 0 Å². The number of carbonyl (C=O) groups is 2. The predicted octanol–water partition coefficient (Wildman–Crippen LogP) is -6.72. The van der Waals surface area contributed by atoms with Gasteiger partial charge in [0.05, 0.1) is 11.9 Å². The minimum absolute atomic E-state index is 0. The molecule has 0 unspecified atom stereocenters. The molecule has 0 aliphatic rings. The smallest absolute Gasteiger partial charge is 0.822 e. The van der Waals surface area contributed by atoms with E-state index in [-0.39, 0.29) is 37.7 Å². The van der Waals surface area contributed by atoms with Gasteiger partial charge in [0, 0.05) is 0 Å². The first-order valence-corrected chi connectivity index (χ1v) is 3.26. The summed E-state index contributed by atoms with van der Waals surface area (Å²) >= 11 is 0. The normalized spacial score (nSPS) is 8.58. The number of aliphatic carboxylic acids is 2. The van der Waals surface area contributed by atoms with Crippen molar-refractivity contribution in [2.24, 2.45) is 0 Å². The van der Waals surface area contributed by atoms with Crippen LogP contribution in [0.25, 0.3) is 0 Å². The molecule has 0 aromatic rings. The second-order valence-corrected chi connectivity index (χ2v) is 1.92. The zero-order chi connectivity index (χ0) is 9.65. The van der Waals surface area contributed by atoms with E-state index in [9.17, 15) is 0 Å². The van der Waals surface area contributed by atoms with Gasteiger partial charge in [-0.05, 0) is 0 Å². The predicted molar refractivity (Wildman–Crippen MR) is 23.4 cm³/mol. The van der Waals surface area contributed by atoms with Gasteiger partial charge in [0.15, 0.2) is 0 Å². The quantitative estimate of drug-likeness (QED) is 0.222. The van der Waals surface area contributed by atoms with E-state index in [1.54, 1.807) is 0 Å². The summed E-state index contributed by atoms with van der Waals surface area (Å²) in [5.74, 6) is -4.37. The van der Waals surface area contributed by atoms with E-state index in [0.717, 1.165) is 0 Å². The van der Waals surface area contributed by atoms with E-state index < -0.39 is 19.8 Å². The molecular weight excluding hydrogens is 223 g/mol. The van der Waals surface area contributed by atoms with Gasteiger partial charge in [0.25, 0.3) is 0 Å². The van der Waals surface area contributed by atoms with Crippen LogP contribution in [-0.4, -0.2) is 49.7 Å². The van der Waals surface area contributed by atoms with E-state index in [0.29, 0.717) is 0 Å². The maximum atomic E-state index is 8.93. The third-order valence-electron chi connectivity index (χ3n) is 0.167. The van der Waals surface area contributed by atoms with Gasteiger partial charge in [-0.15, -0.1) is 0 Å². The molecule has 0 N–H and O–H groups in total. The SMILES string of the molecule is O=C([O-])C(=O)[O-].O=P([O-])([O-])[O-].[Ca+2]. The van der Waals surface area contributed by atoms with Crippen LogP contribution >= 0.6 is 7.82 Å². The van der Waals surface area contributed by atoms with E-state index in [1.165, 1.54) is 0 Å². The molecule has 10 heteroatoms. The summed E-state index contributed by atoms with van der Waals surface area (Å²) in [6, 6.07) is 0. The molecule has 0 heterocycles. The molecule has 0 saturated heterocycles. The molecule has 0 saturated carbocycles. The number of rotatable bonds is 0. The number of carbonyl (C=O) groups excluding carboxylic acids is 2. The molecular formula is C2CaO8P-3. The second kappa shape index (κ2) is 7.93. The fraction of sp³-hybridized carbons (Fsp3) is 0. The van der Waals surface area contributed by atoms with Crippen LogP contribution in [0.3, 0.4) is 0 Å². The van der Waals surface area contributed by atoms with Crippen molar-refractivity contribution in [3.05, 3.63) is 0 Å². The van der Waals surface area contributed by atoms with Crippen molar-refractivity contribution in [3.8, 4) is 0 Å². The average molecular weight is 223 g/mol. The molecule has 0 fully saturated rings. The second-order valence-electron chi connectivity index (χ2n) is 1.02. The summed E-state index contributed by atoms with van der Waals surface area (Å²) in [6.07, 6.45) is 0. The van der Waals surface area contributed by atoms with Crippen LogP contribution < -0.4 is 24.9 Å². The van der Waals surface area contributed by atoms with Gasteiger partial charge >= 0.3 is 37.7 Å². The first-order chi connectivity index (χ1) is 4.64. The molecule has 0 amide bonds. The third-order valence-corrected chi connectivity index (χ3v) is 0.167. The first kappa shape index (κ1) is 18.2. The summed E-state index contributed by atoms with van der Waals surface area (Å²) < 4.78 is 8.55. The fourth-order valence-electron chi connectivity index (χ4n) is 0. The monoisotopic (exact) mass is 223 g/mol. The Morgan fingerprint density at radius 1 is 0.917 bits per heavy atom. The summed E-state index contributed by atoms with van der Waals surface area (Å²) in [4.78, 5) is 43.5. The van der Waals surface area contributed by atoms with Crippen molar-refractivity contribution in [1.29, 1.82) is 0 Å². The minimum atomic E-state index is -5.39. The molecule has 0 atom stereocenters. The summed E-state index contributed by atoms with van der Waals surface area (Å²) in [6.45, 7) is 0. The van der Waals surface area contributed by atoms with Crippen LogP contribution in [0.15, 0.2) is 0 Å². The molecule has 0 spiro atoms. The van der Waals surface area contributed by atoms with Crippen LogP contribution in [0.4, 0.5) is 0 Å². The molecule has 0 aliphatic carbocycles. The zero-order valence-electron chi connectivity index (χ0n) is 5.42. The van der Waals surface area contributed by atoms with Crippen molar-refractivity contribution < 1.29 is 39.0 Å². The molecule has 0 radical (unpaired) electrons. The van der Waals surface area contributed by atoms with Gasteiger partial charge in [0.2, 0.25) is 0 Å². The fourth-order valence-corrected chi connectivity index (χ4v) is 0. The molecule has 0 rings (SSSR count). The van der Waals surface area contributed by atoms with Crippen molar-refractivity contribution in [3.63, 3.8) is 0 Å². The Kier molecular flexibility index (Phi) is 12.0. The molecule has 66 valence electrons. The van der Waals surface area contributed by atoms with Crippen LogP contribution in [-0.2, 0) is 14.2 Å². The van der Waals surface area contributed by atoms with Crippen LogP contribution in [0.1, 0.15) is 0 Å². The molecule has 0 aromatic carbocycles. The zero-order valence-corrected chi connectivity index (χ0v) is 8.52. The third kappa shape index (κ3) is 48.1. The Morgan fingerprint density at radius 3 is 1.00 bits per heavy atom. The van der Waals surface area contributed by atoms with Gasteiger partial charge in [-0.1, -0.05) is 0 Å². The number of carboxylic acid groups (broad SMARTS) is 2. The maximum absolute atomic E-state index is 8.93. The Hall–Kier alpha value is 0.310. The molecule has 8 nitrogen and oxygen atoms in total. The van der Waals surface area contributed by atoms with E-state index in [2.05, 4.69) is 0 Å². The van der Waals surface area contributed by atoms with E-state index >= 15 is 0 Å². The van der Waals surface area contributed by atoms with Crippen LogP contribution in [0.2, 0.25) is 0 Å². The largest absolute Gasteiger partial charge is 2.00 e. The molecule has 0 bridgehead atoms. The summed E-state index contributed by atoms with van der Waals surface area (Å²) in [7, 11) is -5.39. The number of hydrogen-bond acceptors (Lipinski definition) is 8. The van der Waals surface area contributed by atoms with Crippen LogP contribution in [0.5, 0.6) is 0 Å². The maximum Gasteiger partial charge on any atom is 2.00 e.